The zero-order valence-electron chi connectivity index (χ0n) is 23.5. The fourth-order valence-corrected chi connectivity index (χ4v) is 5.06. The van der Waals surface area contributed by atoms with Crippen LogP contribution in [0.5, 0.6) is 0 Å². The number of anilines is 2. The number of hydrogen-bond donors (Lipinski definition) is 5. The molecule has 240 valence electrons. The molecule has 1 aliphatic rings. The molecule has 18 heteroatoms. The Morgan fingerprint density at radius 1 is 1.18 bits per heavy atom. The van der Waals surface area contributed by atoms with E-state index in [1.165, 1.54) is 28.9 Å². The summed E-state index contributed by atoms with van der Waals surface area (Å²) in [4.78, 5) is 33.0. The van der Waals surface area contributed by atoms with Gasteiger partial charge in [-0.15, -0.1) is 0 Å². The van der Waals surface area contributed by atoms with Gasteiger partial charge in [0.05, 0.1) is 34.6 Å². The fourth-order valence-electron chi connectivity index (χ4n) is 4.79. The Morgan fingerprint density at radius 3 is 2.71 bits per heavy atom. The molecule has 1 saturated heterocycles. The maximum Gasteiger partial charge on any atom is 0.435 e. The lowest BCUT2D eigenvalue weighted by Crippen LogP contribution is -2.42. The molecule has 1 fully saturated rings. The predicted octanol–water partition coefficient (Wildman–Crippen LogP) is 3.07. The zero-order chi connectivity index (χ0) is 32.1. The van der Waals surface area contributed by atoms with Crippen LogP contribution in [-0.4, -0.2) is 81.2 Å². The number of halogens is 6. The second-order valence-corrected chi connectivity index (χ2v) is 10.5. The molecular formula is C27H28ClF5N10O2. The van der Waals surface area contributed by atoms with Crippen molar-refractivity contribution < 1.29 is 31.5 Å². The minimum atomic E-state index is -4.90. The average molecular weight is 655 g/mol. The number of nitrogens with one attached hydrogen (secondary N) is 5. The van der Waals surface area contributed by atoms with E-state index in [1.54, 1.807) is 6.07 Å². The van der Waals surface area contributed by atoms with Crippen LogP contribution in [0, 0.1) is 0 Å². The molecule has 0 unspecified atom stereocenters. The molecule has 4 heterocycles. The lowest BCUT2D eigenvalue weighted by Gasteiger charge is -2.12. The van der Waals surface area contributed by atoms with Crippen molar-refractivity contribution in [1.29, 1.82) is 0 Å². The van der Waals surface area contributed by atoms with Gasteiger partial charge in [-0.1, -0.05) is 11.6 Å². The molecule has 1 aliphatic heterocycles. The van der Waals surface area contributed by atoms with Gasteiger partial charge >= 0.3 is 6.18 Å². The van der Waals surface area contributed by atoms with E-state index >= 15 is 0 Å². The first-order valence-electron chi connectivity index (χ1n) is 13.8. The van der Waals surface area contributed by atoms with E-state index in [-0.39, 0.29) is 52.8 Å². The number of amides is 2. The molecule has 5 N–H and O–H groups in total. The van der Waals surface area contributed by atoms with Crippen LogP contribution in [0.15, 0.2) is 43.0 Å². The zero-order valence-corrected chi connectivity index (χ0v) is 24.2. The number of imidazole rings is 1. The van der Waals surface area contributed by atoms with Gasteiger partial charge in [-0.3, -0.25) is 18.7 Å². The third-order valence-corrected chi connectivity index (χ3v) is 7.15. The van der Waals surface area contributed by atoms with Crippen LogP contribution in [0.2, 0.25) is 5.02 Å². The molecule has 0 spiro atoms. The molecule has 0 aliphatic carbocycles. The number of carbonyl (C=O) groups is 2. The molecule has 4 aromatic rings. The first-order valence-corrected chi connectivity index (χ1v) is 14.2. The number of rotatable bonds is 12. The number of aromatic nitrogens is 5. The van der Waals surface area contributed by atoms with Crippen molar-refractivity contribution in [3.63, 3.8) is 0 Å². The highest BCUT2D eigenvalue weighted by Gasteiger charge is 2.38. The summed E-state index contributed by atoms with van der Waals surface area (Å²) in [7, 11) is 0. The van der Waals surface area contributed by atoms with E-state index in [1.807, 2.05) is 0 Å². The van der Waals surface area contributed by atoms with E-state index in [4.69, 9.17) is 11.6 Å². The number of alkyl halides is 5. The van der Waals surface area contributed by atoms with Gasteiger partial charge in [-0.2, -0.15) is 18.3 Å². The minimum absolute atomic E-state index is 0.0328. The largest absolute Gasteiger partial charge is 0.435 e. The predicted molar refractivity (Wildman–Crippen MR) is 155 cm³/mol. The average Bonchev–Trinajstić information content (AvgIpc) is 3.73. The first-order chi connectivity index (χ1) is 21.5. The van der Waals surface area contributed by atoms with Crippen LogP contribution in [-0.2, 0) is 17.5 Å². The van der Waals surface area contributed by atoms with Crippen molar-refractivity contribution in [2.24, 2.45) is 0 Å². The van der Waals surface area contributed by atoms with Gasteiger partial charge in [0, 0.05) is 50.0 Å². The van der Waals surface area contributed by atoms with Gasteiger partial charge in [0.15, 0.2) is 17.2 Å². The quantitative estimate of drug-likeness (QED) is 0.116. The topological polar surface area (TPSA) is 142 Å². The highest BCUT2D eigenvalue weighted by molar-refractivity contribution is 6.34. The van der Waals surface area contributed by atoms with E-state index in [0.717, 1.165) is 31.9 Å². The van der Waals surface area contributed by atoms with E-state index in [0.29, 0.717) is 16.9 Å². The van der Waals surface area contributed by atoms with Crippen molar-refractivity contribution in [3.05, 3.63) is 59.3 Å². The molecule has 3 aromatic heterocycles. The Labute approximate surface area is 257 Å². The standard InChI is InChI=1S/C27H28ClF5N10O2/c28-19-9-15(1-2-17(19)26(45)37-6-5-35-12-22(44)39-16-3-4-34-10-16)40-24-25-38-11-20(43(25)8-7-36-24)18-13-42(14-21(29)30)41-23(18)27(31,32)33/h1-2,7-9,11,13,16,21,34-35H,3-6,10,12,14H2,(H,36,40)(H,37,45)(H,39,44)/t16-/m1/s1. The highest BCUT2D eigenvalue weighted by atomic mass is 35.5. The van der Waals surface area contributed by atoms with Crippen molar-refractivity contribution in [3.8, 4) is 11.3 Å². The van der Waals surface area contributed by atoms with Gasteiger partial charge in [-0.25, -0.2) is 18.7 Å². The summed E-state index contributed by atoms with van der Waals surface area (Å²) in [5, 5.41) is 18.2. The Hall–Kier alpha value is -4.35. The van der Waals surface area contributed by atoms with Crippen LogP contribution in [0.1, 0.15) is 22.5 Å². The second kappa shape index (κ2) is 13.7. The molecular weight excluding hydrogens is 627 g/mol. The number of hydrogen-bond acceptors (Lipinski definition) is 8. The maximum absolute atomic E-state index is 13.7. The summed E-state index contributed by atoms with van der Waals surface area (Å²) in [6.45, 7) is 1.35. The smallest absolute Gasteiger partial charge is 0.351 e. The SMILES string of the molecule is O=C(CNCCNC(=O)c1ccc(Nc2nccn3c(-c4cn(CC(F)F)nc4C(F)(F)F)cnc23)cc1Cl)N[C@@H]1CCNC1. The summed E-state index contributed by atoms with van der Waals surface area (Å²) in [5.74, 6) is -0.393. The number of fused-ring (bicyclic) bond motifs is 1. The Bertz CT molecular complexity index is 1670. The second-order valence-electron chi connectivity index (χ2n) is 10.1. The van der Waals surface area contributed by atoms with Crippen molar-refractivity contribution >= 4 is 40.6 Å². The summed E-state index contributed by atoms with van der Waals surface area (Å²) in [5.41, 5.74) is -1.03. The minimum Gasteiger partial charge on any atom is -0.351 e. The molecule has 0 bridgehead atoms. The van der Waals surface area contributed by atoms with Crippen LogP contribution in [0.4, 0.5) is 33.5 Å². The molecule has 5 rings (SSSR count). The van der Waals surface area contributed by atoms with Crippen molar-refractivity contribution in [2.75, 3.05) is 38.0 Å². The molecule has 1 atom stereocenters. The summed E-state index contributed by atoms with van der Waals surface area (Å²) in [6.07, 6.45) is -2.14. The number of nitrogens with zero attached hydrogens (tertiary/aromatic N) is 5. The molecule has 0 radical (unpaired) electrons. The number of carbonyl (C=O) groups excluding carboxylic acids is 2. The Kier molecular flexibility index (Phi) is 9.79. The lowest BCUT2D eigenvalue weighted by atomic mass is 10.2. The third kappa shape index (κ3) is 7.84. The fraction of sp³-hybridized carbons (Fsp3) is 0.370. The van der Waals surface area contributed by atoms with Gasteiger partial charge in [0.25, 0.3) is 12.3 Å². The van der Waals surface area contributed by atoms with Crippen molar-refractivity contribution in [1.82, 2.24) is 45.4 Å². The van der Waals surface area contributed by atoms with E-state index in [9.17, 15) is 31.5 Å². The van der Waals surface area contributed by atoms with Gasteiger partial charge in [0.1, 0.15) is 6.54 Å². The van der Waals surface area contributed by atoms with Crippen molar-refractivity contribution in [2.45, 2.75) is 31.6 Å². The third-order valence-electron chi connectivity index (χ3n) is 6.83. The Morgan fingerprint density at radius 2 is 2.00 bits per heavy atom. The molecule has 0 saturated carbocycles. The lowest BCUT2D eigenvalue weighted by molar-refractivity contribution is -0.141. The monoisotopic (exact) mass is 654 g/mol. The molecule has 45 heavy (non-hydrogen) atoms. The molecule has 12 nitrogen and oxygen atoms in total. The van der Waals surface area contributed by atoms with Gasteiger partial charge in [-0.05, 0) is 31.2 Å². The maximum atomic E-state index is 13.7. The van der Waals surface area contributed by atoms with Crippen LogP contribution < -0.4 is 26.6 Å². The normalized spacial score (nSPS) is 15.1. The molecule has 2 amide bonds. The summed E-state index contributed by atoms with van der Waals surface area (Å²) >= 11 is 6.37. The highest BCUT2D eigenvalue weighted by Crippen LogP contribution is 2.37. The van der Waals surface area contributed by atoms with E-state index in [2.05, 4.69) is 41.7 Å². The van der Waals surface area contributed by atoms with Crippen LogP contribution in [0.25, 0.3) is 16.9 Å². The Balaban J connectivity index is 1.22. The van der Waals surface area contributed by atoms with E-state index < -0.39 is 36.3 Å². The summed E-state index contributed by atoms with van der Waals surface area (Å²) in [6, 6.07) is 4.65. The summed E-state index contributed by atoms with van der Waals surface area (Å²) < 4.78 is 68.7. The van der Waals surface area contributed by atoms with Crippen LogP contribution in [0.3, 0.4) is 0 Å². The van der Waals surface area contributed by atoms with Gasteiger partial charge < -0.3 is 26.6 Å². The van der Waals surface area contributed by atoms with Gasteiger partial charge in [0.2, 0.25) is 5.91 Å². The van der Waals surface area contributed by atoms with Crippen LogP contribution >= 0.6 is 11.6 Å². The first kappa shape index (κ1) is 32.1. The number of benzene rings is 1. The molecule has 1 aromatic carbocycles.